The van der Waals surface area contributed by atoms with Crippen LogP contribution in [0.25, 0.3) is 0 Å². The molecule has 0 heterocycles. The van der Waals surface area contributed by atoms with E-state index in [4.69, 9.17) is 18.9 Å². The van der Waals surface area contributed by atoms with Crippen molar-refractivity contribution < 1.29 is 42.9 Å². The molecule has 3 rings (SSSR count). The quantitative estimate of drug-likeness (QED) is 0.0713. The van der Waals surface area contributed by atoms with Crippen molar-refractivity contribution in [2.24, 2.45) is 0 Å². The minimum Gasteiger partial charge on any atom is -0.467 e. The average molecular weight is 691 g/mol. The van der Waals surface area contributed by atoms with Gasteiger partial charge in [0.2, 0.25) is 5.91 Å². The van der Waals surface area contributed by atoms with E-state index in [2.05, 4.69) is 21.3 Å². The lowest BCUT2D eigenvalue weighted by Crippen LogP contribution is -2.52. The highest BCUT2D eigenvalue weighted by Crippen LogP contribution is 2.09. The van der Waals surface area contributed by atoms with Gasteiger partial charge < -0.3 is 40.2 Å². The molecule has 0 saturated heterocycles. The Balaban J connectivity index is 1.46. The van der Waals surface area contributed by atoms with Gasteiger partial charge in [-0.05, 0) is 55.2 Å². The van der Waals surface area contributed by atoms with Crippen LogP contribution in [-0.4, -0.2) is 62.4 Å². The molecule has 0 bridgehead atoms. The van der Waals surface area contributed by atoms with Gasteiger partial charge in [0.1, 0.15) is 31.9 Å². The number of carbonyl (C=O) groups is 5. The summed E-state index contributed by atoms with van der Waals surface area (Å²) in [6, 6.07) is 25.7. The second-order valence-electron chi connectivity index (χ2n) is 11.3. The molecule has 0 spiro atoms. The number of unbranched alkanes of at least 4 members (excludes halogenated alkanes) is 2. The predicted molar refractivity (Wildman–Crippen MR) is 184 cm³/mol. The van der Waals surface area contributed by atoms with Crippen molar-refractivity contribution in [3.05, 3.63) is 108 Å². The predicted octanol–water partition coefficient (Wildman–Crippen LogP) is 5.13. The number of esters is 1. The molecule has 268 valence electrons. The van der Waals surface area contributed by atoms with Gasteiger partial charge in [-0.1, -0.05) is 91.0 Å². The topological polar surface area (TPSA) is 170 Å². The van der Waals surface area contributed by atoms with Crippen LogP contribution in [0.5, 0.6) is 0 Å². The highest BCUT2D eigenvalue weighted by molar-refractivity contribution is 5.89. The number of nitrogens with one attached hydrogen (secondary N) is 4. The van der Waals surface area contributed by atoms with E-state index in [1.54, 1.807) is 12.1 Å². The second kappa shape index (κ2) is 22.9. The number of rotatable bonds is 20. The van der Waals surface area contributed by atoms with Gasteiger partial charge in [0, 0.05) is 13.1 Å². The molecule has 2 atom stereocenters. The molecule has 0 aromatic heterocycles. The Hall–Kier alpha value is -5.59. The number of hydrogen-bond donors (Lipinski definition) is 4. The van der Waals surface area contributed by atoms with Crippen molar-refractivity contribution in [3.8, 4) is 0 Å². The number of benzene rings is 3. The minimum atomic E-state index is -1.03. The van der Waals surface area contributed by atoms with Crippen LogP contribution in [0.15, 0.2) is 91.0 Å². The molecule has 3 aromatic carbocycles. The van der Waals surface area contributed by atoms with Crippen LogP contribution >= 0.6 is 0 Å². The monoisotopic (exact) mass is 690 g/mol. The summed E-state index contributed by atoms with van der Waals surface area (Å²) in [6.07, 6.45) is 0.452. The molecule has 4 N–H and O–H groups in total. The summed E-state index contributed by atoms with van der Waals surface area (Å²) in [6.45, 7) is 0.896. The lowest BCUT2D eigenvalue weighted by molar-refractivity contribution is -0.145. The molecule has 0 aliphatic heterocycles. The van der Waals surface area contributed by atoms with Crippen LogP contribution in [0.3, 0.4) is 0 Å². The standard InChI is InChI=1S/C37H46N4O9/c1-47-34(43)32(22-12-14-24-39-36(45)49-26-29-17-7-3-8-18-29)40-33(42)31(41-37(46)50-27-30-19-9-4-10-20-30)21-11-13-23-38-35(44)48-25-28-15-5-2-6-16-28/h2-10,15-20,31-32H,11-14,21-27H2,1H3,(H,38,44)(H,39,45)(H,40,42)(H,41,46). The van der Waals surface area contributed by atoms with Gasteiger partial charge in [0.15, 0.2) is 0 Å². The van der Waals surface area contributed by atoms with E-state index in [9.17, 15) is 24.0 Å². The Bertz CT molecular complexity index is 1460. The van der Waals surface area contributed by atoms with Gasteiger partial charge >= 0.3 is 24.2 Å². The van der Waals surface area contributed by atoms with Crippen molar-refractivity contribution in [2.75, 3.05) is 20.2 Å². The largest absolute Gasteiger partial charge is 0.467 e. The fourth-order valence-electron chi connectivity index (χ4n) is 4.72. The van der Waals surface area contributed by atoms with E-state index >= 15 is 0 Å². The SMILES string of the molecule is COC(=O)C(CCCCNC(=O)OCc1ccccc1)NC(=O)C(CCCCNC(=O)OCc1ccccc1)NC(=O)OCc1ccccc1. The summed E-state index contributed by atoms with van der Waals surface area (Å²) < 4.78 is 20.6. The van der Waals surface area contributed by atoms with E-state index in [-0.39, 0.29) is 32.7 Å². The van der Waals surface area contributed by atoms with E-state index < -0.39 is 42.2 Å². The molecule has 0 fully saturated rings. The lowest BCUT2D eigenvalue weighted by atomic mass is 10.1. The third kappa shape index (κ3) is 16.0. The molecular formula is C37H46N4O9. The van der Waals surface area contributed by atoms with Crippen LogP contribution in [0.2, 0.25) is 0 Å². The maximum absolute atomic E-state index is 13.4. The van der Waals surface area contributed by atoms with Gasteiger partial charge in [0.05, 0.1) is 7.11 Å². The zero-order valence-electron chi connectivity index (χ0n) is 28.3. The molecule has 13 nitrogen and oxygen atoms in total. The summed E-state index contributed by atoms with van der Waals surface area (Å²) >= 11 is 0. The first kappa shape index (κ1) is 38.9. The molecule has 3 aromatic rings. The maximum Gasteiger partial charge on any atom is 0.408 e. The number of alkyl carbamates (subject to hydrolysis) is 3. The molecule has 13 heteroatoms. The summed E-state index contributed by atoms with van der Waals surface area (Å²) in [5.74, 6) is -1.23. The van der Waals surface area contributed by atoms with Gasteiger partial charge in [-0.2, -0.15) is 0 Å². The summed E-state index contributed by atoms with van der Waals surface area (Å²) in [5, 5.41) is 10.6. The molecule has 0 aliphatic rings. The molecule has 2 unspecified atom stereocenters. The molecule has 4 amide bonds. The van der Waals surface area contributed by atoms with E-state index in [0.717, 1.165) is 16.7 Å². The maximum atomic E-state index is 13.4. The first-order valence-electron chi connectivity index (χ1n) is 16.6. The molecule has 50 heavy (non-hydrogen) atoms. The number of hydrogen-bond acceptors (Lipinski definition) is 9. The zero-order chi connectivity index (χ0) is 35.8. The second-order valence-corrected chi connectivity index (χ2v) is 11.3. The fourth-order valence-corrected chi connectivity index (χ4v) is 4.72. The van der Waals surface area contributed by atoms with Crippen LogP contribution in [0.4, 0.5) is 14.4 Å². The zero-order valence-corrected chi connectivity index (χ0v) is 28.3. The number of carbonyl (C=O) groups excluding carboxylic acids is 5. The Kier molecular flexibility index (Phi) is 17.8. The van der Waals surface area contributed by atoms with Crippen LogP contribution < -0.4 is 21.3 Å². The Morgan fingerprint density at radius 1 is 0.520 bits per heavy atom. The molecular weight excluding hydrogens is 644 g/mol. The summed E-state index contributed by atoms with van der Waals surface area (Å²) in [7, 11) is 1.22. The van der Waals surface area contributed by atoms with Crippen LogP contribution in [-0.2, 0) is 48.4 Å². The number of amides is 4. The fraction of sp³-hybridized carbons (Fsp3) is 0.378. The molecule has 0 aliphatic carbocycles. The number of ether oxygens (including phenoxy) is 4. The Morgan fingerprint density at radius 3 is 1.34 bits per heavy atom. The van der Waals surface area contributed by atoms with Crippen LogP contribution in [0, 0.1) is 0 Å². The van der Waals surface area contributed by atoms with Crippen molar-refractivity contribution in [2.45, 2.75) is 70.4 Å². The third-order valence-electron chi connectivity index (χ3n) is 7.43. The highest BCUT2D eigenvalue weighted by atomic mass is 16.6. The first-order valence-corrected chi connectivity index (χ1v) is 16.6. The Morgan fingerprint density at radius 2 is 0.920 bits per heavy atom. The van der Waals surface area contributed by atoms with Crippen molar-refractivity contribution in [3.63, 3.8) is 0 Å². The Labute approximate surface area is 292 Å². The first-order chi connectivity index (χ1) is 24.3. The lowest BCUT2D eigenvalue weighted by Gasteiger charge is -2.22. The minimum absolute atomic E-state index is 0.00858. The molecule has 0 saturated carbocycles. The van der Waals surface area contributed by atoms with Gasteiger partial charge in [-0.15, -0.1) is 0 Å². The van der Waals surface area contributed by atoms with Crippen molar-refractivity contribution in [1.29, 1.82) is 0 Å². The van der Waals surface area contributed by atoms with Gasteiger partial charge in [-0.3, -0.25) is 4.79 Å². The smallest absolute Gasteiger partial charge is 0.408 e. The number of methoxy groups -OCH3 is 1. The van der Waals surface area contributed by atoms with Crippen molar-refractivity contribution >= 4 is 30.2 Å². The normalized spacial score (nSPS) is 11.6. The van der Waals surface area contributed by atoms with Gasteiger partial charge in [0.25, 0.3) is 0 Å². The third-order valence-corrected chi connectivity index (χ3v) is 7.43. The van der Waals surface area contributed by atoms with E-state index in [1.807, 2.05) is 78.9 Å². The highest BCUT2D eigenvalue weighted by Gasteiger charge is 2.27. The molecule has 0 radical (unpaired) electrons. The average Bonchev–Trinajstić information content (AvgIpc) is 3.15. The van der Waals surface area contributed by atoms with Crippen LogP contribution in [0.1, 0.15) is 55.2 Å². The summed E-state index contributed by atoms with van der Waals surface area (Å²) in [4.78, 5) is 62.7. The van der Waals surface area contributed by atoms with Gasteiger partial charge in [-0.25, -0.2) is 19.2 Å². The summed E-state index contributed by atoms with van der Waals surface area (Å²) in [5.41, 5.74) is 2.51. The van der Waals surface area contributed by atoms with E-state index in [1.165, 1.54) is 7.11 Å². The van der Waals surface area contributed by atoms with Crippen molar-refractivity contribution in [1.82, 2.24) is 21.3 Å². The van der Waals surface area contributed by atoms with E-state index in [0.29, 0.717) is 38.8 Å².